The van der Waals surface area contributed by atoms with Crippen molar-refractivity contribution in [2.45, 2.75) is 19.3 Å². The lowest BCUT2D eigenvalue weighted by molar-refractivity contribution is 0.632. The summed E-state index contributed by atoms with van der Waals surface area (Å²) in [5.41, 5.74) is 8.65. The Morgan fingerprint density at radius 3 is 1.91 bits per heavy atom. The van der Waals surface area contributed by atoms with Crippen molar-refractivity contribution in [1.29, 1.82) is 0 Å². The molecule has 0 atom stereocenters. The predicted octanol–water partition coefficient (Wildman–Crippen LogP) is 14.5. The fraction of sp³-hybridized carbons (Fsp3) is 0.0566. The molecule has 1 aliphatic carbocycles. The first-order valence-electron chi connectivity index (χ1n) is 19.7. The van der Waals surface area contributed by atoms with Crippen LogP contribution in [0.5, 0.6) is 0 Å². The van der Waals surface area contributed by atoms with Crippen LogP contribution in [0.1, 0.15) is 25.1 Å². The fourth-order valence-corrected chi connectivity index (χ4v) is 11.2. The van der Waals surface area contributed by atoms with Crippen LogP contribution in [0.4, 0.5) is 0 Å². The van der Waals surface area contributed by atoms with E-state index in [-0.39, 0.29) is 5.41 Å². The summed E-state index contributed by atoms with van der Waals surface area (Å²) in [7, 11) is 0. The van der Waals surface area contributed by atoms with Gasteiger partial charge in [0, 0.05) is 52.9 Å². The van der Waals surface area contributed by atoms with Gasteiger partial charge < -0.3 is 0 Å². The highest BCUT2D eigenvalue weighted by Gasteiger charge is 2.40. The van der Waals surface area contributed by atoms with Crippen molar-refractivity contribution in [3.63, 3.8) is 0 Å². The molecule has 57 heavy (non-hydrogen) atoms. The Balaban J connectivity index is 1.20. The second kappa shape index (κ2) is 11.1. The molecule has 3 nitrogen and oxygen atoms in total. The second-order valence-corrected chi connectivity index (χ2v) is 17.2. The summed E-state index contributed by atoms with van der Waals surface area (Å²) in [4.78, 5) is 11.4. The van der Waals surface area contributed by atoms with Gasteiger partial charge in [0.05, 0.1) is 22.4 Å². The van der Waals surface area contributed by atoms with Crippen molar-refractivity contribution in [3.05, 3.63) is 175 Å². The number of nitrogens with zero attached hydrogens (tertiary/aromatic N) is 3. The summed E-state index contributed by atoms with van der Waals surface area (Å²) in [6, 6.07) is 60.3. The van der Waals surface area contributed by atoms with Gasteiger partial charge in [-0.25, -0.2) is 9.97 Å². The van der Waals surface area contributed by atoms with Gasteiger partial charge in [-0.3, -0.25) is 4.57 Å². The third-order valence-corrected chi connectivity index (χ3v) is 13.9. The summed E-state index contributed by atoms with van der Waals surface area (Å²) in [6.07, 6.45) is 0. The highest BCUT2D eigenvalue weighted by atomic mass is 32.1. The summed E-state index contributed by atoms with van der Waals surface area (Å²) < 4.78 is 4.93. The molecule has 13 rings (SSSR count). The molecule has 3 heterocycles. The van der Waals surface area contributed by atoms with E-state index in [0.717, 1.165) is 33.5 Å². The molecular weight excluding hydrogens is 711 g/mol. The summed E-state index contributed by atoms with van der Waals surface area (Å²) in [5.74, 6) is 0.694. The predicted molar refractivity (Wildman–Crippen MR) is 242 cm³/mol. The zero-order valence-electron chi connectivity index (χ0n) is 31.3. The summed E-state index contributed by atoms with van der Waals surface area (Å²) >= 11 is 1.85. The molecule has 1 aliphatic rings. The number of thiophene rings is 1. The number of fused-ring (bicyclic) bond motifs is 17. The normalized spacial score (nSPS) is 13.6. The SMILES string of the molecule is CC1(C)c2ccccc2-c2c(-c3ccc4sc5ccccc5c4c3)nc(-n3c4cc5ccccc5cc4c4c5c6ccccc6c6ccccc6c5ccc43)nc21. The first kappa shape index (κ1) is 31.3. The molecule has 266 valence electrons. The Hall–Kier alpha value is -6.88. The maximum Gasteiger partial charge on any atom is 0.235 e. The van der Waals surface area contributed by atoms with E-state index in [9.17, 15) is 0 Å². The second-order valence-electron chi connectivity index (χ2n) is 16.1. The molecule has 0 amide bonds. The molecule has 0 saturated heterocycles. The first-order valence-corrected chi connectivity index (χ1v) is 20.5. The highest BCUT2D eigenvalue weighted by Crippen LogP contribution is 2.52. The van der Waals surface area contributed by atoms with Crippen LogP contribution in [0, 0.1) is 0 Å². The number of hydrogen-bond acceptors (Lipinski definition) is 3. The van der Waals surface area contributed by atoms with Gasteiger partial charge in [-0.15, -0.1) is 11.3 Å². The van der Waals surface area contributed by atoms with Gasteiger partial charge in [-0.2, -0.15) is 0 Å². The van der Waals surface area contributed by atoms with Crippen molar-refractivity contribution < 1.29 is 0 Å². The molecule has 0 radical (unpaired) electrons. The number of hydrogen-bond donors (Lipinski definition) is 0. The first-order chi connectivity index (χ1) is 28.0. The van der Waals surface area contributed by atoms with Crippen LogP contribution in [-0.2, 0) is 5.41 Å². The van der Waals surface area contributed by atoms with Crippen LogP contribution in [0.2, 0.25) is 0 Å². The number of benzene rings is 9. The van der Waals surface area contributed by atoms with Gasteiger partial charge in [-0.1, -0.05) is 141 Å². The third-order valence-electron chi connectivity index (χ3n) is 12.7. The Morgan fingerprint density at radius 2 is 1.11 bits per heavy atom. The molecule has 0 fully saturated rings. The minimum Gasteiger partial charge on any atom is -0.278 e. The van der Waals surface area contributed by atoms with E-state index >= 15 is 0 Å². The van der Waals surface area contributed by atoms with Crippen LogP contribution in [0.25, 0.3) is 113 Å². The van der Waals surface area contributed by atoms with Gasteiger partial charge in [0.25, 0.3) is 0 Å². The van der Waals surface area contributed by atoms with Crippen LogP contribution >= 0.6 is 11.3 Å². The van der Waals surface area contributed by atoms with Gasteiger partial charge in [0.1, 0.15) is 0 Å². The van der Waals surface area contributed by atoms with E-state index in [1.165, 1.54) is 85.2 Å². The quantitative estimate of drug-likeness (QED) is 0.165. The van der Waals surface area contributed by atoms with Crippen LogP contribution in [0.15, 0.2) is 164 Å². The fourth-order valence-electron chi connectivity index (χ4n) is 10.1. The van der Waals surface area contributed by atoms with Gasteiger partial charge in [0.2, 0.25) is 5.95 Å². The van der Waals surface area contributed by atoms with E-state index < -0.39 is 0 Å². The van der Waals surface area contributed by atoms with Crippen LogP contribution in [-0.4, -0.2) is 14.5 Å². The molecule has 0 spiro atoms. The molecule has 0 aliphatic heterocycles. The maximum absolute atomic E-state index is 5.72. The van der Waals surface area contributed by atoms with Crippen molar-refractivity contribution in [2.24, 2.45) is 0 Å². The number of aromatic nitrogens is 3. The Morgan fingerprint density at radius 1 is 0.474 bits per heavy atom. The van der Waals surface area contributed by atoms with Crippen molar-refractivity contribution in [3.8, 4) is 28.3 Å². The zero-order chi connectivity index (χ0) is 37.6. The lowest BCUT2D eigenvalue weighted by atomic mass is 9.85. The summed E-state index contributed by atoms with van der Waals surface area (Å²) in [5, 5.41) is 15.0. The monoisotopic (exact) mass is 743 g/mol. The average Bonchev–Trinajstić information content (AvgIpc) is 3.87. The summed E-state index contributed by atoms with van der Waals surface area (Å²) in [6.45, 7) is 4.63. The minimum absolute atomic E-state index is 0.329. The topological polar surface area (TPSA) is 30.7 Å². The van der Waals surface area contributed by atoms with Crippen LogP contribution < -0.4 is 0 Å². The molecule has 0 saturated carbocycles. The van der Waals surface area contributed by atoms with Crippen molar-refractivity contribution in [2.75, 3.05) is 0 Å². The van der Waals surface area contributed by atoms with E-state index in [0.29, 0.717) is 5.95 Å². The van der Waals surface area contributed by atoms with Crippen molar-refractivity contribution >= 4 is 96.4 Å². The lowest BCUT2D eigenvalue weighted by Crippen LogP contribution is -2.18. The Labute approximate surface area is 332 Å². The van der Waals surface area contributed by atoms with E-state index in [1.54, 1.807) is 0 Å². The van der Waals surface area contributed by atoms with Gasteiger partial charge in [-0.05, 0) is 85.2 Å². The standard InChI is InChI=1S/C53H33N3S/c1-53(2)42-21-11-9-20-39(42)49-50(32-23-26-46-40(28-32)36-18-10-12-22-45(36)57-46)54-52(55-51(49)53)56-43-25-24-38-35-17-6-5-15-33(35)34-16-7-8-19-37(34)47(38)48(43)41-27-30-13-3-4-14-31(30)29-44(41)56/h3-29H,1-2H3. The molecule has 4 heteroatoms. The smallest absolute Gasteiger partial charge is 0.235 e. The lowest BCUT2D eigenvalue weighted by Gasteiger charge is -2.21. The third kappa shape index (κ3) is 4.15. The van der Waals surface area contributed by atoms with Gasteiger partial charge in [0.15, 0.2) is 0 Å². The Kier molecular flexibility index (Phi) is 6.12. The highest BCUT2D eigenvalue weighted by molar-refractivity contribution is 7.25. The van der Waals surface area contributed by atoms with Crippen LogP contribution in [0.3, 0.4) is 0 Å². The molecular formula is C53H33N3S. The van der Waals surface area contributed by atoms with E-state index in [2.05, 4.69) is 182 Å². The Bertz CT molecular complexity index is 3700. The van der Waals surface area contributed by atoms with Crippen molar-refractivity contribution in [1.82, 2.24) is 14.5 Å². The minimum atomic E-state index is -0.329. The molecule has 0 N–H and O–H groups in total. The molecule has 0 bridgehead atoms. The average molecular weight is 744 g/mol. The molecule has 12 aromatic rings. The molecule has 3 aromatic heterocycles. The van der Waals surface area contributed by atoms with Gasteiger partial charge >= 0.3 is 0 Å². The molecule has 0 unspecified atom stereocenters. The zero-order valence-corrected chi connectivity index (χ0v) is 32.2. The van der Waals surface area contributed by atoms with E-state index in [4.69, 9.17) is 9.97 Å². The molecule has 9 aromatic carbocycles. The maximum atomic E-state index is 5.72. The van der Waals surface area contributed by atoms with E-state index in [1.807, 2.05) is 11.3 Å². The number of rotatable bonds is 2. The largest absolute Gasteiger partial charge is 0.278 e.